The van der Waals surface area contributed by atoms with Crippen molar-refractivity contribution in [1.29, 1.82) is 0 Å². The normalized spacial score (nSPS) is 9.77. The lowest BCUT2D eigenvalue weighted by Crippen LogP contribution is -1.98. The van der Waals surface area contributed by atoms with Gasteiger partial charge in [0.25, 0.3) is 0 Å². The van der Waals surface area contributed by atoms with Gasteiger partial charge in [0.2, 0.25) is 0 Å². The zero-order valence-electron chi connectivity index (χ0n) is 7.63. The quantitative estimate of drug-likeness (QED) is 0.672. The molecule has 0 radical (unpaired) electrons. The molecule has 0 aliphatic heterocycles. The van der Waals surface area contributed by atoms with E-state index >= 15 is 0 Å². The van der Waals surface area contributed by atoms with Crippen LogP contribution in [0.25, 0.3) is 0 Å². The highest BCUT2D eigenvalue weighted by Crippen LogP contribution is 2.19. The second-order valence-corrected chi connectivity index (χ2v) is 2.81. The zero-order chi connectivity index (χ0) is 9.84. The van der Waals surface area contributed by atoms with Gasteiger partial charge < -0.3 is 0 Å². The molecule has 0 fully saturated rings. The molecule has 1 aromatic rings. The fourth-order valence-corrected chi connectivity index (χ4v) is 1.25. The van der Waals surface area contributed by atoms with E-state index in [-0.39, 0.29) is 11.5 Å². The first-order chi connectivity index (χ1) is 6.19. The molecule has 0 amide bonds. The number of hydrogen-bond acceptors (Lipinski definition) is 2. The van der Waals surface area contributed by atoms with Gasteiger partial charge in [0.15, 0.2) is 11.5 Å². The van der Waals surface area contributed by atoms with Crippen LogP contribution in [0.2, 0.25) is 0 Å². The Kier molecular flexibility index (Phi) is 3.01. The molecule has 2 nitrogen and oxygen atoms in total. The molecule has 0 saturated carbocycles. The first-order valence-corrected chi connectivity index (χ1v) is 4.11. The summed E-state index contributed by atoms with van der Waals surface area (Å²) < 4.78 is 11.8. The molecule has 0 aliphatic carbocycles. The highest BCUT2D eigenvalue weighted by atomic mass is 19.3. The van der Waals surface area contributed by atoms with Gasteiger partial charge in [-0.15, -0.1) is 0 Å². The number of aryl methyl sites for hydroxylation is 1. The van der Waals surface area contributed by atoms with Crippen molar-refractivity contribution in [3.05, 3.63) is 29.3 Å². The minimum absolute atomic E-state index is 0.0118. The predicted molar refractivity (Wildman–Crippen MR) is 47.6 cm³/mol. The van der Waals surface area contributed by atoms with Crippen LogP contribution < -0.4 is 4.94 Å². The third kappa shape index (κ3) is 2.05. The first kappa shape index (κ1) is 9.71. The number of rotatable bonds is 3. The summed E-state index contributed by atoms with van der Waals surface area (Å²) >= 11 is 0. The van der Waals surface area contributed by atoms with Crippen molar-refractivity contribution < 1.29 is 14.3 Å². The molecule has 3 heteroatoms. The summed E-state index contributed by atoms with van der Waals surface area (Å²) in [5, 5.41) is 0. The maximum Gasteiger partial charge on any atom is 0.172 e. The number of carbonyl (C=O) groups excluding carboxylic acids is 1. The summed E-state index contributed by atoms with van der Waals surface area (Å²) in [7, 11) is 0. The van der Waals surface area contributed by atoms with E-state index in [0.29, 0.717) is 12.0 Å². The highest BCUT2D eigenvalue weighted by Gasteiger charge is 2.07. The van der Waals surface area contributed by atoms with E-state index < -0.39 is 0 Å². The van der Waals surface area contributed by atoms with E-state index in [9.17, 15) is 9.32 Å². The number of carbonyl (C=O) groups is 1. The Balaban J connectivity index is 3.15. The van der Waals surface area contributed by atoms with Gasteiger partial charge in [-0.3, -0.25) is 9.74 Å². The lowest BCUT2D eigenvalue weighted by atomic mass is 10.0. The molecule has 1 aromatic carbocycles. The van der Waals surface area contributed by atoms with Crippen molar-refractivity contribution in [2.45, 2.75) is 20.3 Å². The molecule has 70 valence electrons. The molecule has 0 atom stereocenters. The average molecular weight is 182 g/mol. The summed E-state index contributed by atoms with van der Waals surface area (Å²) in [4.78, 5) is 14.7. The van der Waals surface area contributed by atoms with Crippen molar-refractivity contribution in [3.63, 3.8) is 0 Å². The molecule has 13 heavy (non-hydrogen) atoms. The molecule has 0 spiro atoms. The van der Waals surface area contributed by atoms with Crippen molar-refractivity contribution >= 4 is 5.78 Å². The van der Waals surface area contributed by atoms with Gasteiger partial charge in [-0.2, -0.15) is 0 Å². The van der Waals surface area contributed by atoms with E-state index in [2.05, 4.69) is 4.94 Å². The van der Waals surface area contributed by atoms with Crippen LogP contribution in [0.4, 0.5) is 4.53 Å². The fraction of sp³-hybridized carbons (Fsp3) is 0.300. The predicted octanol–water partition coefficient (Wildman–Crippen LogP) is 2.71. The van der Waals surface area contributed by atoms with Crippen LogP contribution in [-0.4, -0.2) is 5.78 Å². The number of hydrogen-bond donors (Lipinski definition) is 0. The maximum atomic E-state index is 11.8. The summed E-state index contributed by atoms with van der Waals surface area (Å²) in [6, 6.07) is 4.56. The SMILES string of the molecule is CCc1cc(OF)ccc1C(C)=O. The molecular weight excluding hydrogens is 171 g/mol. The van der Waals surface area contributed by atoms with E-state index in [1.54, 1.807) is 6.07 Å². The maximum absolute atomic E-state index is 11.8. The van der Waals surface area contributed by atoms with Crippen LogP contribution in [0.3, 0.4) is 0 Å². The van der Waals surface area contributed by atoms with Crippen LogP contribution in [0.15, 0.2) is 18.2 Å². The van der Waals surface area contributed by atoms with Gasteiger partial charge in [-0.1, -0.05) is 6.92 Å². The van der Waals surface area contributed by atoms with E-state index in [1.807, 2.05) is 6.92 Å². The number of halogens is 1. The standard InChI is InChI=1S/C10H11FO2/c1-3-8-6-9(13-11)4-5-10(8)7(2)12/h4-6H,3H2,1-2H3. The van der Waals surface area contributed by atoms with Gasteiger partial charge in [-0.25, -0.2) is 0 Å². The smallest absolute Gasteiger partial charge is 0.172 e. The van der Waals surface area contributed by atoms with E-state index in [0.717, 1.165) is 5.56 Å². The monoisotopic (exact) mass is 182 g/mol. The lowest BCUT2D eigenvalue weighted by molar-refractivity contribution is -0.00630. The lowest BCUT2D eigenvalue weighted by Gasteiger charge is -2.04. The Morgan fingerprint density at radius 3 is 2.69 bits per heavy atom. The van der Waals surface area contributed by atoms with E-state index in [1.165, 1.54) is 19.1 Å². The van der Waals surface area contributed by atoms with Crippen LogP contribution in [0.5, 0.6) is 5.75 Å². The molecule has 1 rings (SSSR count). The van der Waals surface area contributed by atoms with Gasteiger partial charge in [0, 0.05) is 10.1 Å². The van der Waals surface area contributed by atoms with Crippen molar-refractivity contribution in [2.24, 2.45) is 0 Å². The average Bonchev–Trinajstić information content (AvgIpc) is 2.16. The fourth-order valence-electron chi connectivity index (χ4n) is 1.25. The van der Waals surface area contributed by atoms with Crippen LogP contribution in [-0.2, 0) is 6.42 Å². The van der Waals surface area contributed by atoms with Crippen LogP contribution in [0.1, 0.15) is 29.8 Å². The Bertz CT molecular complexity index is 321. The third-order valence-electron chi connectivity index (χ3n) is 1.93. The van der Waals surface area contributed by atoms with Gasteiger partial charge in [0.05, 0.1) is 0 Å². The minimum atomic E-state index is -0.0118. The van der Waals surface area contributed by atoms with Gasteiger partial charge >= 0.3 is 0 Å². The topological polar surface area (TPSA) is 26.3 Å². The minimum Gasteiger partial charge on any atom is -0.295 e. The Labute approximate surface area is 76.2 Å². The zero-order valence-corrected chi connectivity index (χ0v) is 7.63. The molecule has 0 heterocycles. The summed E-state index contributed by atoms with van der Waals surface area (Å²) in [5.74, 6) is 0.129. The number of ketones is 1. The summed E-state index contributed by atoms with van der Waals surface area (Å²) in [6.07, 6.45) is 0.687. The molecule has 0 aliphatic rings. The summed E-state index contributed by atoms with van der Waals surface area (Å²) in [6.45, 7) is 3.40. The number of Topliss-reactive ketones (excluding diaryl/α,β-unsaturated/α-hetero) is 1. The largest absolute Gasteiger partial charge is 0.295 e. The van der Waals surface area contributed by atoms with Gasteiger partial charge in [-0.05, 0) is 37.1 Å². The van der Waals surface area contributed by atoms with Crippen LogP contribution >= 0.6 is 0 Å². The Hall–Kier alpha value is -1.38. The van der Waals surface area contributed by atoms with E-state index in [4.69, 9.17) is 0 Å². The molecule has 0 saturated heterocycles. The van der Waals surface area contributed by atoms with Crippen molar-refractivity contribution in [1.82, 2.24) is 0 Å². The number of benzene rings is 1. The van der Waals surface area contributed by atoms with Crippen LogP contribution in [0, 0.1) is 0 Å². The Morgan fingerprint density at radius 2 is 2.23 bits per heavy atom. The molecular formula is C10H11FO2. The second-order valence-electron chi connectivity index (χ2n) is 2.81. The first-order valence-electron chi connectivity index (χ1n) is 4.11. The summed E-state index contributed by atoms with van der Waals surface area (Å²) in [5.41, 5.74) is 1.44. The van der Waals surface area contributed by atoms with Gasteiger partial charge in [0.1, 0.15) is 0 Å². The molecule has 0 aromatic heterocycles. The highest BCUT2D eigenvalue weighted by molar-refractivity contribution is 5.95. The molecule has 0 unspecified atom stereocenters. The molecule has 0 bridgehead atoms. The van der Waals surface area contributed by atoms with Crippen molar-refractivity contribution in [2.75, 3.05) is 0 Å². The second kappa shape index (κ2) is 4.03. The van der Waals surface area contributed by atoms with Crippen molar-refractivity contribution in [3.8, 4) is 5.75 Å². The Morgan fingerprint density at radius 1 is 1.54 bits per heavy atom. The molecule has 0 N–H and O–H groups in total. The third-order valence-corrected chi connectivity index (χ3v) is 1.93.